The van der Waals surface area contributed by atoms with Gasteiger partial charge >= 0.3 is 0 Å². The van der Waals surface area contributed by atoms with Gasteiger partial charge in [0.2, 0.25) is 5.91 Å². The summed E-state index contributed by atoms with van der Waals surface area (Å²) < 4.78 is 0. The quantitative estimate of drug-likeness (QED) is 0.0422. The Morgan fingerprint density at radius 1 is 0.377 bits per heavy atom. The van der Waals surface area contributed by atoms with E-state index in [1.165, 1.54) is 270 Å². The van der Waals surface area contributed by atoms with Crippen molar-refractivity contribution in [2.24, 2.45) is 0 Å². The molecule has 0 saturated heterocycles. The predicted molar refractivity (Wildman–Crippen MR) is 272 cm³/mol. The Balaban J connectivity index is 3.41. The van der Waals surface area contributed by atoms with Crippen LogP contribution < -0.4 is 5.32 Å². The molecule has 0 aliphatic carbocycles. The van der Waals surface area contributed by atoms with E-state index in [2.05, 4.69) is 31.3 Å². The molecule has 61 heavy (non-hydrogen) atoms. The van der Waals surface area contributed by atoms with Gasteiger partial charge in [-0.1, -0.05) is 289 Å². The third-order valence-corrected chi connectivity index (χ3v) is 13.2. The lowest BCUT2D eigenvalue weighted by Crippen LogP contribution is -2.45. The number of rotatable bonds is 52. The minimum atomic E-state index is -0.836. The van der Waals surface area contributed by atoms with Crippen molar-refractivity contribution in [3.05, 3.63) is 24.3 Å². The van der Waals surface area contributed by atoms with Crippen molar-refractivity contribution in [2.45, 2.75) is 328 Å². The first kappa shape index (κ1) is 59.9. The van der Waals surface area contributed by atoms with Crippen LogP contribution in [0.4, 0.5) is 0 Å². The van der Waals surface area contributed by atoms with E-state index in [0.29, 0.717) is 6.42 Å². The van der Waals surface area contributed by atoms with Crippen molar-refractivity contribution in [1.82, 2.24) is 5.32 Å². The molecule has 4 heteroatoms. The summed E-state index contributed by atoms with van der Waals surface area (Å²) in [5.74, 6) is -0.0578. The zero-order valence-electron chi connectivity index (χ0n) is 41.7. The highest BCUT2D eigenvalue weighted by molar-refractivity contribution is 5.76. The van der Waals surface area contributed by atoms with Crippen molar-refractivity contribution >= 4 is 5.91 Å². The lowest BCUT2D eigenvalue weighted by molar-refractivity contribution is -0.123. The lowest BCUT2D eigenvalue weighted by Gasteiger charge is -2.20. The van der Waals surface area contributed by atoms with Crippen LogP contribution in [0.2, 0.25) is 0 Å². The van der Waals surface area contributed by atoms with Gasteiger partial charge in [0.25, 0.3) is 0 Å². The average Bonchev–Trinajstić information content (AvgIpc) is 3.26. The Labute approximate surface area is 383 Å². The molecule has 0 rings (SSSR count). The molecule has 0 aliphatic rings. The molecule has 0 fully saturated rings. The van der Waals surface area contributed by atoms with Crippen molar-refractivity contribution in [3.63, 3.8) is 0 Å². The monoisotopic (exact) mass is 858 g/mol. The van der Waals surface area contributed by atoms with Crippen LogP contribution >= 0.6 is 0 Å². The summed E-state index contributed by atoms with van der Waals surface area (Å²) in [5, 5.41) is 23.1. The van der Waals surface area contributed by atoms with Crippen LogP contribution in [0.25, 0.3) is 0 Å². The van der Waals surface area contributed by atoms with E-state index in [-0.39, 0.29) is 12.5 Å². The average molecular weight is 859 g/mol. The Hall–Kier alpha value is -1.13. The molecule has 2 atom stereocenters. The summed E-state index contributed by atoms with van der Waals surface area (Å²) in [6.45, 7) is 4.34. The van der Waals surface area contributed by atoms with Gasteiger partial charge in [0.05, 0.1) is 18.8 Å². The largest absolute Gasteiger partial charge is 0.394 e. The molecule has 0 aromatic carbocycles. The van der Waals surface area contributed by atoms with Crippen LogP contribution in [-0.4, -0.2) is 34.9 Å². The Bertz CT molecular complexity index is 886. The maximum Gasteiger partial charge on any atom is 0.220 e. The summed E-state index contributed by atoms with van der Waals surface area (Å²) in [7, 11) is 0. The Kier molecular flexibility index (Phi) is 52.2. The molecule has 0 aliphatic heterocycles. The number of nitrogens with one attached hydrogen (secondary N) is 1. The molecule has 1 amide bonds. The Morgan fingerprint density at radius 3 is 0.902 bits per heavy atom. The van der Waals surface area contributed by atoms with E-state index in [0.717, 1.165) is 25.7 Å². The molecule has 4 nitrogen and oxygen atoms in total. The highest BCUT2D eigenvalue weighted by atomic mass is 16.3. The molecule has 2 unspecified atom stereocenters. The Morgan fingerprint density at radius 2 is 0.623 bits per heavy atom. The molecule has 0 aromatic rings. The summed E-state index contributed by atoms with van der Waals surface area (Å²) >= 11 is 0. The summed E-state index contributed by atoms with van der Waals surface area (Å²) in [6.07, 6.45) is 70.6. The molecule has 0 radical (unpaired) electrons. The molecule has 0 aromatic heterocycles. The second-order valence-electron chi connectivity index (χ2n) is 19.4. The molecule has 362 valence electrons. The van der Waals surface area contributed by atoms with Gasteiger partial charge in [0.1, 0.15) is 0 Å². The molecular weight excluding hydrogens is 747 g/mol. The smallest absolute Gasteiger partial charge is 0.220 e. The number of allylic oxidation sites excluding steroid dienone is 3. The van der Waals surface area contributed by atoms with E-state index in [1.807, 2.05) is 6.08 Å². The molecular formula is C57H111NO3. The second kappa shape index (κ2) is 53.2. The number of unbranched alkanes of at least 4 members (excludes halogenated alkanes) is 43. The van der Waals surface area contributed by atoms with Crippen LogP contribution in [0.15, 0.2) is 24.3 Å². The number of hydrogen-bond acceptors (Lipinski definition) is 3. The summed E-state index contributed by atoms with van der Waals surface area (Å²) in [5.41, 5.74) is 0. The van der Waals surface area contributed by atoms with Gasteiger partial charge in [-0.05, 0) is 44.9 Å². The third kappa shape index (κ3) is 49.7. The standard InChI is InChI=1S/C57H111NO3/c1-3-5-7-9-11-13-15-17-19-21-22-23-24-25-26-27-28-29-30-31-32-33-34-35-36-37-39-41-43-45-47-49-51-53-57(61)58-55(54-59)56(60)52-50-48-46-44-42-40-38-20-18-16-14-12-10-8-6-4-2/h21-22,50,52,55-56,59-60H,3-20,23-49,51,53-54H2,1-2H3,(H,58,61)/b22-21-,52-50+. The maximum absolute atomic E-state index is 12.5. The number of aliphatic hydroxyl groups is 2. The minimum absolute atomic E-state index is 0.0578. The zero-order chi connectivity index (χ0) is 44.2. The van der Waals surface area contributed by atoms with Gasteiger partial charge in [-0.3, -0.25) is 4.79 Å². The van der Waals surface area contributed by atoms with E-state index in [9.17, 15) is 15.0 Å². The first-order valence-electron chi connectivity index (χ1n) is 28.1. The van der Waals surface area contributed by atoms with Crippen molar-refractivity contribution in [3.8, 4) is 0 Å². The second-order valence-corrected chi connectivity index (χ2v) is 19.4. The number of carbonyl (C=O) groups is 1. The van der Waals surface area contributed by atoms with Gasteiger partial charge in [-0.15, -0.1) is 0 Å². The third-order valence-electron chi connectivity index (χ3n) is 13.2. The van der Waals surface area contributed by atoms with Gasteiger partial charge in [0.15, 0.2) is 0 Å². The summed E-state index contributed by atoms with van der Waals surface area (Å²) in [6, 6.07) is -0.619. The predicted octanol–water partition coefficient (Wildman–Crippen LogP) is 18.3. The van der Waals surface area contributed by atoms with Gasteiger partial charge < -0.3 is 15.5 Å². The highest BCUT2D eigenvalue weighted by Gasteiger charge is 2.18. The molecule has 0 bridgehead atoms. The minimum Gasteiger partial charge on any atom is -0.394 e. The number of amides is 1. The fourth-order valence-electron chi connectivity index (χ4n) is 8.88. The van der Waals surface area contributed by atoms with E-state index in [1.54, 1.807) is 6.08 Å². The van der Waals surface area contributed by atoms with E-state index < -0.39 is 12.1 Å². The van der Waals surface area contributed by atoms with Crippen LogP contribution in [0.1, 0.15) is 316 Å². The van der Waals surface area contributed by atoms with Crippen molar-refractivity contribution in [2.75, 3.05) is 6.61 Å². The fraction of sp³-hybridized carbons (Fsp3) is 0.912. The van der Waals surface area contributed by atoms with E-state index >= 15 is 0 Å². The van der Waals surface area contributed by atoms with Crippen LogP contribution in [0.3, 0.4) is 0 Å². The molecule has 0 heterocycles. The first-order chi connectivity index (χ1) is 30.2. The van der Waals surface area contributed by atoms with Crippen LogP contribution in [-0.2, 0) is 4.79 Å². The van der Waals surface area contributed by atoms with Crippen molar-refractivity contribution in [1.29, 1.82) is 0 Å². The van der Waals surface area contributed by atoms with Gasteiger partial charge in [0, 0.05) is 6.42 Å². The first-order valence-corrected chi connectivity index (χ1v) is 28.1. The zero-order valence-corrected chi connectivity index (χ0v) is 41.7. The number of carbonyl (C=O) groups excluding carboxylic acids is 1. The SMILES string of the molecule is CCCCCCCCCC/C=C\CCCCCCCCCCCCCCCCCCCCCCCC(=O)NC(CO)C(O)/C=C/CCCCCCCCCCCCCCCC. The fourth-order valence-corrected chi connectivity index (χ4v) is 8.88. The van der Waals surface area contributed by atoms with Gasteiger partial charge in [-0.25, -0.2) is 0 Å². The van der Waals surface area contributed by atoms with Gasteiger partial charge in [-0.2, -0.15) is 0 Å². The lowest BCUT2D eigenvalue weighted by atomic mass is 10.0. The molecule has 0 saturated carbocycles. The number of hydrogen-bond donors (Lipinski definition) is 3. The van der Waals surface area contributed by atoms with E-state index in [4.69, 9.17) is 0 Å². The molecule has 3 N–H and O–H groups in total. The highest BCUT2D eigenvalue weighted by Crippen LogP contribution is 2.17. The summed E-state index contributed by atoms with van der Waals surface area (Å²) in [4.78, 5) is 12.5. The number of aliphatic hydroxyl groups excluding tert-OH is 2. The van der Waals surface area contributed by atoms with Crippen LogP contribution in [0, 0.1) is 0 Å². The maximum atomic E-state index is 12.5. The normalized spacial score (nSPS) is 12.9. The van der Waals surface area contributed by atoms with Crippen LogP contribution in [0.5, 0.6) is 0 Å². The topological polar surface area (TPSA) is 69.6 Å². The van der Waals surface area contributed by atoms with Crippen molar-refractivity contribution < 1.29 is 15.0 Å². The molecule has 0 spiro atoms.